The molecule has 10 heavy (non-hydrogen) atoms. The summed E-state index contributed by atoms with van der Waals surface area (Å²) >= 11 is 3.23. The Kier molecular flexibility index (Phi) is 1.68. The van der Waals surface area contributed by atoms with Gasteiger partial charge >= 0.3 is 0 Å². The molecule has 3 nitrogen and oxygen atoms in total. The van der Waals surface area contributed by atoms with Gasteiger partial charge in [-0.25, -0.2) is 0 Å². The van der Waals surface area contributed by atoms with Crippen molar-refractivity contribution < 1.29 is 0 Å². The van der Waals surface area contributed by atoms with Crippen LogP contribution in [0.3, 0.4) is 0 Å². The van der Waals surface area contributed by atoms with Gasteiger partial charge in [0.1, 0.15) is 5.37 Å². The van der Waals surface area contributed by atoms with E-state index in [0.29, 0.717) is 0 Å². The van der Waals surface area contributed by atoms with Crippen LogP contribution >= 0.6 is 23.3 Å². The minimum absolute atomic E-state index is 0.278. The number of hydrogen-bond donors (Lipinski definition) is 0. The lowest BCUT2D eigenvalue weighted by Gasteiger charge is -1.97. The molecule has 1 unspecified atom stereocenters. The molecule has 2 rings (SSSR count). The van der Waals surface area contributed by atoms with E-state index in [9.17, 15) is 0 Å². The van der Waals surface area contributed by atoms with Gasteiger partial charge in [0.15, 0.2) is 0 Å². The van der Waals surface area contributed by atoms with E-state index in [4.69, 9.17) is 0 Å². The first-order valence-electron chi connectivity index (χ1n) is 2.87. The molecule has 52 valence electrons. The monoisotopic (exact) mass is 171 g/mol. The predicted molar refractivity (Wildman–Crippen MR) is 43.6 cm³/mol. The van der Waals surface area contributed by atoms with E-state index < -0.39 is 0 Å². The lowest BCUT2D eigenvalue weighted by molar-refractivity contribution is 1.07. The molecule has 0 aromatic carbocycles. The Morgan fingerprint density at radius 1 is 1.60 bits per heavy atom. The second kappa shape index (κ2) is 2.67. The Labute approximate surface area is 66.7 Å². The van der Waals surface area contributed by atoms with Crippen LogP contribution in [0.2, 0.25) is 0 Å². The summed E-state index contributed by atoms with van der Waals surface area (Å²) in [4.78, 5) is 5.40. The van der Waals surface area contributed by atoms with Gasteiger partial charge in [0.05, 0.1) is 11.1 Å². The average molecular weight is 171 g/mol. The number of hydrogen-bond acceptors (Lipinski definition) is 5. The zero-order chi connectivity index (χ0) is 6.81. The number of thioether (sulfide) groups is 1. The van der Waals surface area contributed by atoms with Crippen LogP contribution in [0.15, 0.2) is 11.2 Å². The Hall–Kier alpha value is -0.420. The quantitative estimate of drug-likeness (QED) is 0.640. The van der Waals surface area contributed by atoms with E-state index in [2.05, 4.69) is 14.6 Å². The van der Waals surface area contributed by atoms with Gasteiger partial charge < -0.3 is 0 Å². The number of aliphatic imine (C=N–C) groups is 1. The fourth-order valence-corrected chi connectivity index (χ4v) is 2.27. The van der Waals surface area contributed by atoms with Gasteiger partial charge in [-0.1, -0.05) is 4.49 Å². The zero-order valence-electron chi connectivity index (χ0n) is 5.10. The Morgan fingerprint density at radius 3 is 3.20 bits per heavy atom. The maximum Gasteiger partial charge on any atom is 0.133 e. The Morgan fingerprint density at radius 2 is 2.60 bits per heavy atom. The van der Waals surface area contributed by atoms with Crippen LogP contribution in [0, 0.1) is 0 Å². The van der Waals surface area contributed by atoms with Crippen molar-refractivity contribution in [1.29, 1.82) is 0 Å². The van der Waals surface area contributed by atoms with E-state index in [1.54, 1.807) is 6.20 Å². The molecule has 1 atom stereocenters. The molecule has 1 aliphatic heterocycles. The lowest BCUT2D eigenvalue weighted by Crippen LogP contribution is -1.78. The molecule has 0 amide bonds. The highest BCUT2D eigenvalue weighted by molar-refractivity contribution is 8.00. The van der Waals surface area contributed by atoms with Crippen molar-refractivity contribution in [3.8, 4) is 0 Å². The molecule has 1 aliphatic rings. The average Bonchev–Trinajstić information content (AvgIpc) is 2.59. The molecule has 0 spiro atoms. The van der Waals surface area contributed by atoms with E-state index in [-0.39, 0.29) is 5.37 Å². The molecule has 0 radical (unpaired) electrons. The lowest BCUT2D eigenvalue weighted by atomic mass is 10.5. The first-order chi connectivity index (χ1) is 4.97. The van der Waals surface area contributed by atoms with Crippen LogP contribution in [0.4, 0.5) is 0 Å². The topological polar surface area (TPSA) is 38.1 Å². The normalized spacial score (nSPS) is 23.8. The molecule has 1 aromatic rings. The van der Waals surface area contributed by atoms with Crippen LogP contribution in [0.25, 0.3) is 0 Å². The summed E-state index contributed by atoms with van der Waals surface area (Å²) < 4.78 is 3.77. The fraction of sp³-hybridized carbons (Fsp3) is 0.400. The third-order valence-corrected chi connectivity index (χ3v) is 3.09. The number of nitrogens with zero attached hydrogens (tertiary/aromatic N) is 3. The molecule has 1 aromatic heterocycles. The summed E-state index contributed by atoms with van der Waals surface area (Å²) in [5, 5.41) is 4.03. The highest BCUT2D eigenvalue weighted by atomic mass is 32.2. The van der Waals surface area contributed by atoms with Gasteiger partial charge in [-0.3, -0.25) is 4.99 Å². The smallest absolute Gasteiger partial charge is 0.133 e. The number of rotatable bonds is 1. The SMILES string of the molecule is C1=NC(c2cnns2)SC1. The highest BCUT2D eigenvalue weighted by Crippen LogP contribution is 2.33. The predicted octanol–water partition coefficient (Wildman–Crippen LogP) is 1.35. The van der Waals surface area contributed by atoms with Crippen molar-refractivity contribution in [2.45, 2.75) is 5.37 Å². The van der Waals surface area contributed by atoms with Crippen molar-refractivity contribution in [1.82, 2.24) is 9.59 Å². The van der Waals surface area contributed by atoms with Gasteiger partial charge in [-0.15, -0.1) is 16.9 Å². The first kappa shape index (κ1) is 6.30. The van der Waals surface area contributed by atoms with E-state index >= 15 is 0 Å². The maximum atomic E-state index is 4.25. The summed E-state index contributed by atoms with van der Waals surface area (Å²) in [6, 6.07) is 0. The van der Waals surface area contributed by atoms with E-state index in [1.807, 2.05) is 18.0 Å². The maximum absolute atomic E-state index is 4.25. The molecule has 0 bridgehead atoms. The van der Waals surface area contributed by atoms with Crippen molar-refractivity contribution >= 4 is 29.5 Å². The highest BCUT2D eigenvalue weighted by Gasteiger charge is 2.14. The first-order valence-corrected chi connectivity index (χ1v) is 4.69. The number of aromatic nitrogens is 2. The Balaban J connectivity index is 2.20. The van der Waals surface area contributed by atoms with Crippen LogP contribution < -0.4 is 0 Å². The molecule has 0 aliphatic carbocycles. The third-order valence-electron chi connectivity index (χ3n) is 1.19. The molecule has 5 heteroatoms. The standard InChI is InChI=1S/C5H5N3S2/c1-2-9-5(6-1)4-3-7-8-10-4/h1,3,5H,2H2. The molecule has 2 heterocycles. The summed E-state index contributed by atoms with van der Waals surface area (Å²) in [7, 11) is 0. The molecular formula is C5H5N3S2. The van der Waals surface area contributed by atoms with Gasteiger partial charge in [0.2, 0.25) is 0 Å². The fourth-order valence-electron chi connectivity index (χ4n) is 0.755. The molecule has 0 saturated heterocycles. The molecule has 0 fully saturated rings. The second-order valence-electron chi connectivity index (χ2n) is 1.84. The summed E-state index contributed by atoms with van der Waals surface area (Å²) in [5.41, 5.74) is 0. The molecular weight excluding hydrogens is 166 g/mol. The van der Waals surface area contributed by atoms with Gasteiger partial charge in [0, 0.05) is 12.0 Å². The second-order valence-corrected chi connectivity index (χ2v) is 3.77. The van der Waals surface area contributed by atoms with Gasteiger partial charge in [-0.2, -0.15) is 0 Å². The molecule has 0 saturated carbocycles. The van der Waals surface area contributed by atoms with E-state index in [0.717, 1.165) is 10.6 Å². The summed E-state index contributed by atoms with van der Waals surface area (Å²) in [6.45, 7) is 0. The summed E-state index contributed by atoms with van der Waals surface area (Å²) in [6.07, 6.45) is 3.72. The van der Waals surface area contributed by atoms with Gasteiger partial charge in [0.25, 0.3) is 0 Å². The van der Waals surface area contributed by atoms with Crippen LogP contribution in [0.1, 0.15) is 10.3 Å². The zero-order valence-corrected chi connectivity index (χ0v) is 6.73. The Bertz CT molecular complexity index is 231. The van der Waals surface area contributed by atoms with Crippen molar-refractivity contribution in [3.05, 3.63) is 11.1 Å². The van der Waals surface area contributed by atoms with Crippen LogP contribution in [-0.4, -0.2) is 21.6 Å². The van der Waals surface area contributed by atoms with Crippen molar-refractivity contribution in [2.24, 2.45) is 4.99 Å². The molecule has 0 N–H and O–H groups in total. The minimum Gasteiger partial charge on any atom is -0.277 e. The van der Waals surface area contributed by atoms with Crippen molar-refractivity contribution in [3.63, 3.8) is 0 Å². The summed E-state index contributed by atoms with van der Waals surface area (Å²) in [5.74, 6) is 1.02. The van der Waals surface area contributed by atoms with Crippen LogP contribution in [0.5, 0.6) is 0 Å². The largest absolute Gasteiger partial charge is 0.277 e. The minimum atomic E-state index is 0.278. The van der Waals surface area contributed by atoms with Crippen molar-refractivity contribution in [2.75, 3.05) is 5.75 Å². The van der Waals surface area contributed by atoms with E-state index in [1.165, 1.54) is 11.5 Å². The third kappa shape index (κ3) is 1.06. The van der Waals surface area contributed by atoms with Crippen LogP contribution in [-0.2, 0) is 0 Å². The van der Waals surface area contributed by atoms with Gasteiger partial charge in [-0.05, 0) is 11.5 Å².